The Balaban J connectivity index is 1.64. The Hall–Kier alpha value is -3.86. The number of para-hydroxylation sites is 3. The molecule has 0 fully saturated rings. The minimum atomic E-state index is 0.139. The van der Waals surface area contributed by atoms with E-state index in [-0.39, 0.29) is 6.01 Å². The van der Waals surface area contributed by atoms with E-state index in [2.05, 4.69) is 9.97 Å². The summed E-state index contributed by atoms with van der Waals surface area (Å²) in [5.41, 5.74) is 0. The SMILES string of the molecule is c1ccc(Oc2cc(Oc3ccccc3)nc(Oc3ccccc3)n2)cc1. The van der Waals surface area contributed by atoms with Gasteiger partial charge in [0.25, 0.3) is 0 Å². The largest absolute Gasteiger partial charge is 0.439 e. The van der Waals surface area contributed by atoms with Crippen molar-refractivity contribution in [2.45, 2.75) is 0 Å². The summed E-state index contributed by atoms with van der Waals surface area (Å²) in [4.78, 5) is 8.66. The van der Waals surface area contributed by atoms with Crippen LogP contribution in [-0.2, 0) is 0 Å². The zero-order chi connectivity index (χ0) is 18.3. The zero-order valence-electron chi connectivity index (χ0n) is 14.4. The Kier molecular flexibility index (Phi) is 4.93. The van der Waals surface area contributed by atoms with Crippen molar-refractivity contribution in [3.63, 3.8) is 0 Å². The van der Waals surface area contributed by atoms with Crippen LogP contribution in [0.4, 0.5) is 0 Å². The lowest BCUT2D eigenvalue weighted by Crippen LogP contribution is -1.97. The fourth-order valence-electron chi connectivity index (χ4n) is 2.35. The number of hydrogen-bond donors (Lipinski definition) is 0. The van der Waals surface area contributed by atoms with E-state index in [0.717, 1.165) is 0 Å². The normalized spacial score (nSPS) is 10.2. The van der Waals surface area contributed by atoms with Crippen LogP contribution in [0.3, 0.4) is 0 Å². The second-order valence-electron chi connectivity index (χ2n) is 5.57. The number of benzene rings is 3. The standard InChI is InChI=1S/C22H16N2O3/c1-4-10-17(11-5-1)25-20-16-21(26-18-12-6-2-7-13-18)24-22(23-20)27-19-14-8-3-9-15-19/h1-16H. The molecule has 27 heavy (non-hydrogen) atoms. The minimum Gasteiger partial charge on any atom is -0.439 e. The van der Waals surface area contributed by atoms with Crippen LogP contribution in [-0.4, -0.2) is 9.97 Å². The number of aromatic nitrogens is 2. The maximum Gasteiger partial charge on any atom is 0.328 e. The van der Waals surface area contributed by atoms with Crippen LogP contribution in [0.5, 0.6) is 35.0 Å². The van der Waals surface area contributed by atoms with Gasteiger partial charge in [-0.1, -0.05) is 54.6 Å². The number of rotatable bonds is 6. The molecule has 0 aliphatic heterocycles. The number of ether oxygens (including phenoxy) is 3. The van der Waals surface area contributed by atoms with Gasteiger partial charge in [-0.15, -0.1) is 0 Å². The maximum atomic E-state index is 5.82. The Morgan fingerprint density at radius 3 is 1.22 bits per heavy atom. The van der Waals surface area contributed by atoms with Gasteiger partial charge in [0, 0.05) is 0 Å². The molecule has 0 unspecified atom stereocenters. The van der Waals surface area contributed by atoms with Gasteiger partial charge in [0.15, 0.2) is 0 Å². The summed E-state index contributed by atoms with van der Waals surface area (Å²) in [6.45, 7) is 0. The molecule has 0 N–H and O–H groups in total. The van der Waals surface area contributed by atoms with Crippen molar-refractivity contribution in [1.29, 1.82) is 0 Å². The first kappa shape index (κ1) is 16.6. The highest BCUT2D eigenvalue weighted by atomic mass is 16.5. The number of nitrogens with zero attached hydrogens (tertiary/aromatic N) is 2. The van der Waals surface area contributed by atoms with Crippen molar-refractivity contribution in [2.24, 2.45) is 0 Å². The average Bonchev–Trinajstić information content (AvgIpc) is 2.70. The summed E-state index contributed by atoms with van der Waals surface area (Å²) in [6, 6.07) is 29.8. The van der Waals surface area contributed by atoms with E-state index in [4.69, 9.17) is 14.2 Å². The van der Waals surface area contributed by atoms with Crippen LogP contribution < -0.4 is 14.2 Å². The van der Waals surface area contributed by atoms with Crippen LogP contribution in [0.25, 0.3) is 0 Å². The Morgan fingerprint density at radius 2 is 0.815 bits per heavy atom. The van der Waals surface area contributed by atoms with E-state index in [1.54, 1.807) is 6.07 Å². The molecule has 1 heterocycles. The molecular weight excluding hydrogens is 340 g/mol. The summed E-state index contributed by atoms with van der Waals surface area (Å²) in [6.07, 6.45) is 0. The zero-order valence-corrected chi connectivity index (χ0v) is 14.4. The van der Waals surface area contributed by atoms with Gasteiger partial charge < -0.3 is 14.2 Å². The molecule has 132 valence electrons. The first-order valence-corrected chi connectivity index (χ1v) is 8.43. The molecule has 0 saturated carbocycles. The van der Waals surface area contributed by atoms with Gasteiger partial charge in [0.1, 0.15) is 17.2 Å². The topological polar surface area (TPSA) is 53.5 Å². The van der Waals surface area contributed by atoms with Gasteiger partial charge in [-0.3, -0.25) is 0 Å². The van der Waals surface area contributed by atoms with Crippen molar-refractivity contribution >= 4 is 0 Å². The molecule has 0 radical (unpaired) electrons. The fourth-order valence-corrected chi connectivity index (χ4v) is 2.35. The van der Waals surface area contributed by atoms with Crippen LogP contribution in [0.15, 0.2) is 97.1 Å². The highest BCUT2D eigenvalue weighted by Crippen LogP contribution is 2.29. The molecule has 0 aliphatic carbocycles. The van der Waals surface area contributed by atoms with Gasteiger partial charge in [0.2, 0.25) is 11.8 Å². The molecule has 0 saturated heterocycles. The van der Waals surface area contributed by atoms with E-state index in [9.17, 15) is 0 Å². The molecule has 4 rings (SSSR count). The van der Waals surface area contributed by atoms with Crippen molar-refractivity contribution in [1.82, 2.24) is 9.97 Å². The van der Waals surface area contributed by atoms with Gasteiger partial charge in [-0.2, -0.15) is 9.97 Å². The molecule has 5 nitrogen and oxygen atoms in total. The third-order valence-electron chi connectivity index (χ3n) is 3.54. The first-order valence-electron chi connectivity index (χ1n) is 8.43. The van der Waals surface area contributed by atoms with Crippen LogP contribution in [0, 0.1) is 0 Å². The molecule has 1 aromatic heterocycles. The fraction of sp³-hybridized carbons (Fsp3) is 0. The molecular formula is C22H16N2O3. The second kappa shape index (κ2) is 8.01. The van der Waals surface area contributed by atoms with Gasteiger partial charge in [-0.25, -0.2) is 0 Å². The summed E-state index contributed by atoms with van der Waals surface area (Å²) in [5.74, 6) is 2.60. The van der Waals surface area contributed by atoms with E-state index in [0.29, 0.717) is 29.0 Å². The van der Waals surface area contributed by atoms with Gasteiger partial charge >= 0.3 is 6.01 Å². The quantitative estimate of drug-likeness (QED) is 0.433. The van der Waals surface area contributed by atoms with Crippen molar-refractivity contribution < 1.29 is 14.2 Å². The van der Waals surface area contributed by atoms with E-state index in [1.807, 2.05) is 91.0 Å². The third kappa shape index (κ3) is 4.61. The summed E-state index contributed by atoms with van der Waals surface area (Å²) in [7, 11) is 0. The molecule has 0 spiro atoms. The molecule has 4 aromatic rings. The number of hydrogen-bond acceptors (Lipinski definition) is 5. The van der Waals surface area contributed by atoms with Crippen molar-refractivity contribution in [2.75, 3.05) is 0 Å². The maximum absolute atomic E-state index is 5.82. The van der Waals surface area contributed by atoms with E-state index in [1.165, 1.54) is 0 Å². The predicted molar refractivity (Wildman–Crippen MR) is 102 cm³/mol. The highest BCUT2D eigenvalue weighted by Gasteiger charge is 2.11. The summed E-state index contributed by atoms with van der Waals surface area (Å²) < 4.78 is 17.4. The van der Waals surface area contributed by atoms with Crippen LogP contribution >= 0.6 is 0 Å². The molecule has 0 aliphatic rings. The lowest BCUT2D eigenvalue weighted by atomic mass is 10.3. The lowest BCUT2D eigenvalue weighted by Gasteiger charge is -2.10. The monoisotopic (exact) mass is 356 g/mol. The molecule has 0 atom stereocenters. The van der Waals surface area contributed by atoms with Gasteiger partial charge in [0.05, 0.1) is 6.07 Å². The van der Waals surface area contributed by atoms with Gasteiger partial charge in [-0.05, 0) is 36.4 Å². The molecule has 3 aromatic carbocycles. The predicted octanol–water partition coefficient (Wildman–Crippen LogP) is 5.85. The smallest absolute Gasteiger partial charge is 0.328 e. The Bertz CT molecular complexity index is 849. The molecule has 5 heteroatoms. The Morgan fingerprint density at radius 1 is 0.444 bits per heavy atom. The van der Waals surface area contributed by atoms with Crippen LogP contribution in [0.1, 0.15) is 0 Å². The van der Waals surface area contributed by atoms with Crippen LogP contribution in [0.2, 0.25) is 0 Å². The third-order valence-corrected chi connectivity index (χ3v) is 3.54. The minimum absolute atomic E-state index is 0.139. The van der Waals surface area contributed by atoms with Crippen molar-refractivity contribution in [3.8, 4) is 35.0 Å². The summed E-state index contributed by atoms with van der Waals surface area (Å²) >= 11 is 0. The Labute approximate surface area is 156 Å². The second-order valence-corrected chi connectivity index (χ2v) is 5.57. The first-order chi connectivity index (χ1) is 13.3. The molecule has 0 bridgehead atoms. The lowest BCUT2D eigenvalue weighted by molar-refractivity contribution is 0.387. The summed E-state index contributed by atoms with van der Waals surface area (Å²) in [5, 5.41) is 0. The van der Waals surface area contributed by atoms with E-state index < -0.39 is 0 Å². The average molecular weight is 356 g/mol. The van der Waals surface area contributed by atoms with Crippen molar-refractivity contribution in [3.05, 3.63) is 97.1 Å². The highest BCUT2D eigenvalue weighted by molar-refractivity contribution is 5.34. The van der Waals surface area contributed by atoms with E-state index >= 15 is 0 Å². The molecule has 0 amide bonds.